The van der Waals surface area contributed by atoms with Gasteiger partial charge >= 0.3 is 0 Å². The van der Waals surface area contributed by atoms with Crippen LogP contribution in [0.3, 0.4) is 0 Å². The molecular weight excluding hydrogens is 297 g/mol. The number of hydrogen-bond acceptors (Lipinski definition) is 2. The monoisotopic (exact) mass is 305 g/mol. The number of benzene rings is 2. The topological polar surface area (TPSA) is 46.2 Å². The molecule has 0 saturated carbocycles. The molecule has 0 fully saturated rings. The smallest absolute Gasteiger partial charge is 0.228 e. The van der Waals surface area contributed by atoms with Crippen LogP contribution >= 0.6 is 23.2 Å². The van der Waals surface area contributed by atoms with E-state index in [1.807, 2.05) is 0 Å². The number of carbonyl (C=O) groups is 2. The fourth-order valence-electron chi connectivity index (χ4n) is 2.22. The van der Waals surface area contributed by atoms with Gasteiger partial charge in [-0.1, -0.05) is 23.2 Å². The summed E-state index contributed by atoms with van der Waals surface area (Å²) in [4.78, 5) is 23.7. The van der Waals surface area contributed by atoms with E-state index in [9.17, 15) is 9.59 Å². The van der Waals surface area contributed by atoms with Gasteiger partial charge in [0.1, 0.15) is 0 Å². The minimum atomic E-state index is -0.170. The summed E-state index contributed by atoms with van der Waals surface area (Å²) in [5, 5.41) is 3.56. The molecule has 0 aromatic heterocycles. The maximum atomic E-state index is 12.4. The Kier molecular flexibility index (Phi) is 3.24. The van der Waals surface area contributed by atoms with Crippen molar-refractivity contribution in [3.8, 4) is 0 Å². The summed E-state index contributed by atoms with van der Waals surface area (Å²) < 4.78 is 0. The van der Waals surface area contributed by atoms with Gasteiger partial charge in [-0.3, -0.25) is 9.59 Å². The van der Waals surface area contributed by atoms with Crippen LogP contribution in [0.5, 0.6) is 0 Å². The van der Waals surface area contributed by atoms with E-state index in [0.29, 0.717) is 27.6 Å². The van der Waals surface area contributed by atoms with Crippen LogP contribution in [0.15, 0.2) is 36.4 Å². The number of ketones is 1. The van der Waals surface area contributed by atoms with E-state index in [2.05, 4.69) is 5.32 Å². The number of hydrogen-bond donors (Lipinski definition) is 1. The number of nitrogens with one attached hydrogen (secondary N) is 1. The lowest BCUT2D eigenvalue weighted by molar-refractivity contribution is -0.115. The predicted molar refractivity (Wildman–Crippen MR) is 78.7 cm³/mol. The van der Waals surface area contributed by atoms with Gasteiger partial charge in [-0.25, -0.2) is 0 Å². The number of fused-ring (bicyclic) bond motifs is 1. The van der Waals surface area contributed by atoms with Crippen LogP contribution in [0.1, 0.15) is 21.5 Å². The van der Waals surface area contributed by atoms with E-state index in [4.69, 9.17) is 23.2 Å². The largest absolute Gasteiger partial charge is 0.326 e. The minimum absolute atomic E-state index is 0.0598. The second-order valence-corrected chi connectivity index (χ2v) is 5.46. The highest BCUT2D eigenvalue weighted by Gasteiger charge is 2.19. The molecule has 3 rings (SSSR count). The fraction of sp³-hybridized carbons (Fsp3) is 0.0667. The van der Waals surface area contributed by atoms with Gasteiger partial charge < -0.3 is 5.32 Å². The Hall–Kier alpha value is -1.84. The van der Waals surface area contributed by atoms with Crippen molar-refractivity contribution in [3.63, 3.8) is 0 Å². The summed E-state index contributed by atoms with van der Waals surface area (Å²) in [5.74, 6) is -0.230. The quantitative estimate of drug-likeness (QED) is 0.860. The second kappa shape index (κ2) is 4.93. The number of rotatable bonds is 2. The predicted octanol–water partition coefficient (Wildman–Crippen LogP) is 3.72. The van der Waals surface area contributed by atoms with E-state index in [1.54, 1.807) is 36.4 Å². The number of anilines is 1. The summed E-state index contributed by atoms with van der Waals surface area (Å²) in [6.07, 6.45) is 0.298. The van der Waals surface area contributed by atoms with Crippen LogP contribution in [0.4, 0.5) is 5.69 Å². The van der Waals surface area contributed by atoms with Gasteiger partial charge in [-0.05, 0) is 42.0 Å². The van der Waals surface area contributed by atoms with E-state index in [1.165, 1.54) is 0 Å². The highest BCUT2D eigenvalue weighted by atomic mass is 35.5. The van der Waals surface area contributed by atoms with Gasteiger partial charge in [0.2, 0.25) is 5.91 Å². The average Bonchev–Trinajstić information content (AvgIpc) is 2.75. The van der Waals surface area contributed by atoms with Gasteiger partial charge in [-0.15, -0.1) is 0 Å². The van der Waals surface area contributed by atoms with Crippen LogP contribution < -0.4 is 5.32 Å². The third-order valence-electron chi connectivity index (χ3n) is 3.12. The first-order chi connectivity index (χ1) is 9.52. The highest BCUT2D eigenvalue weighted by molar-refractivity contribution is 6.35. The molecule has 0 atom stereocenters. The van der Waals surface area contributed by atoms with E-state index in [0.717, 1.165) is 11.3 Å². The van der Waals surface area contributed by atoms with Crippen LogP contribution in [-0.2, 0) is 11.2 Å². The van der Waals surface area contributed by atoms with Crippen LogP contribution in [0.25, 0.3) is 0 Å². The average molecular weight is 306 g/mol. The zero-order valence-corrected chi connectivity index (χ0v) is 11.8. The Morgan fingerprint density at radius 2 is 1.70 bits per heavy atom. The second-order valence-electron chi connectivity index (χ2n) is 4.58. The molecule has 0 saturated heterocycles. The van der Waals surface area contributed by atoms with Crippen molar-refractivity contribution >= 4 is 40.6 Å². The van der Waals surface area contributed by atoms with Gasteiger partial charge in [0.05, 0.1) is 6.42 Å². The van der Waals surface area contributed by atoms with Gasteiger partial charge in [0, 0.05) is 26.9 Å². The Bertz CT molecular complexity index is 720. The zero-order chi connectivity index (χ0) is 14.3. The lowest BCUT2D eigenvalue weighted by atomic mass is 10.0. The Balaban J connectivity index is 1.99. The van der Waals surface area contributed by atoms with E-state index >= 15 is 0 Å². The van der Waals surface area contributed by atoms with Crippen molar-refractivity contribution < 1.29 is 9.59 Å². The molecule has 1 aliphatic rings. The van der Waals surface area contributed by atoms with Crippen LogP contribution in [0, 0.1) is 0 Å². The molecule has 1 amide bonds. The lowest BCUT2D eigenvalue weighted by Crippen LogP contribution is -2.03. The molecule has 0 unspecified atom stereocenters. The van der Waals surface area contributed by atoms with Gasteiger partial charge in [0.15, 0.2) is 5.78 Å². The molecule has 2 aromatic rings. The molecule has 2 aromatic carbocycles. The molecule has 3 nitrogen and oxygen atoms in total. The molecule has 0 spiro atoms. The third kappa shape index (κ3) is 2.42. The maximum Gasteiger partial charge on any atom is 0.228 e. The van der Waals surface area contributed by atoms with Crippen LogP contribution in [-0.4, -0.2) is 11.7 Å². The Morgan fingerprint density at radius 3 is 2.40 bits per heavy atom. The molecule has 100 valence electrons. The fourth-order valence-corrected chi connectivity index (χ4v) is 2.75. The number of carbonyl (C=O) groups excluding carboxylic acids is 2. The Morgan fingerprint density at radius 1 is 1.00 bits per heavy atom. The first-order valence-corrected chi connectivity index (χ1v) is 6.72. The molecule has 1 N–H and O–H groups in total. The molecule has 1 aliphatic heterocycles. The normalized spacial score (nSPS) is 13.0. The van der Waals surface area contributed by atoms with E-state index in [-0.39, 0.29) is 11.7 Å². The van der Waals surface area contributed by atoms with Gasteiger partial charge in [-0.2, -0.15) is 0 Å². The van der Waals surface area contributed by atoms with Crippen molar-refractivity contribution in [2.45, 2.75) is 6.42 Å². The lowest BCUT2D eigenvalue weighted by Gasteiger charge is -2.05. The van der Waals surface area contributed by atoms with Crippen LogP contribution in [0.2, 0.25) is 10.0 Å². The number of amides is 1. The SMILES string of the molecule is O=C1Cc2cc(C(=O)c3cc(Cl)cc(Cl)c3)ccc2N1. The highest BCUT2D eigenvalue weighted by Crippen LogP contribution is 2.26. The summed E-state index contributed by atoms with van der Waals surface area (Å²) in [5.41, 5.74) is 2.53. The first-order valence-electron chi connectivity index (χ1n) is 5.96. The van der Waals surface area contributed by atoms with Crippen molar-refractivity contribution in [1.29, 1.82) is 0 Å². The minimum Gasteiger partial charge on any atom is -0.326 e. The van der Waals surface area contributed by atoms with Crippen molar-refractivity contribution in [3.05, 3.63) is 63.1 Å². The number of halogens is 2. The summed E-state index contributed by atoms with van der Waals surface area (Å²) >= 11 is 11.8. The maximum absolute atomic E-state index is 12.4. The van der Waals surface area contributed by atoms with Crippen molar-refractivity contribution in [2.75, 3.05) is 5.32 Å². The summed E-state index contributed by atoms with van der Waals surface area (Å²) in [6, 6.07) is 9.87. The Labute approximate surface area is 125 Å². The van der Waals surface area contributed by atoms with E-state index < -0.39 is 0 Å². The van der Waals surface area contributed by atoms with Gasteiger partial charge in [0.25, 0.3) is 0 Å². The molecule has 0 aliphatic carbocycles. The summed E-state index contributed by atoms with van der Waals surface area (Å²) in [6.45, 7) is 0. The molecule has 5 heteroatoms. The summed E-state index contributed by atoms with van der Waals surface area (Å²) in [7, 11) is 0. The molecule has 0 radical (unpaired) electrons. The standard InChI is InChI=1S/C15H9Cl2NO2/c16-11-4-10(5-12(17)7-11)15(20)8-1-2-13-9(3-8)6-14(19)18-13/h1-5,7H,6H2,(H,18,19). The first kappa shape index (κ1) is 13.2. The zero-order valence-electron chi connectivity index (χ0n) is 10.2. The molecule has 1 heterocycles. The molecule has 20 heavy (non-hydrogen) atoms. The molecular formula is C15H9Cl2NO2. The van der Waals surface area contributed by atoms with Crippen molar-refractivity contribution in [1.82, 2.24) is 0 Å². The molecule has 0 bridgehead atoms. The van der Waals surface area contributed by atoms with Crippen molar-refractivity contribution in [2.24, 2.45) is 0 Å². The third-order valence-corrected chi connectivity index (χ3v) is 3.55.